The molecule has 0 unspecified atom stereocenters. The van der Waals surface area contributed by atoms with Gasteiger partial charge >= 0.3 is 5.97 Å². The summed E-state index contributed by atoms with van der Waals surface area (Å²) >= 11 is 0. The van der Waals surface area contributed by atoms with Gasteiger partial charge in [-0.2, -0.15) is 0 Å². The second kappa shape index (κ2) is 4.81. The lowest BCUT2D eigenvalue weighted by Gasteiger charge is -2.08. The molecule has 1 aromatic carbocycles. The molecule has 0 aliphatic carbocycles. The molecule has 2 aromatic heterocycles. The smallest absolute Gasteiger partial charge is 0.338 e. The van der Waals surface area contributed by atoms with Crippen molar-refractivity contribution in [3.63, 3.8) is 0 Å². The summed E-state index contributed by atoms with van der Waals surface area (Å²) in [6.07, 6.45) is 3.53. The highest BCUT2D eigenvalue weighted by Gasteiger charge is 2.18. The van der Waals surface area contributed by atoms with Gasteiger partial charge in [0.15, 0.2) is 0 Å². The molecule has 0 spiro atoms. The van der Waals surface area contributed by atoms with Crippen LogP contribution in [0.4, 0.5) is 0 Å². The number of nitrogens with zero attached hydrogens (tertiary/aromatic N) is 2. The largest absolute Gasteiger partial charge is 0.478 e. The predicted octanol–water partition coefficient (Wildman–Crippen LogP) is 3.09. The average molecular weight is 266 g/mol. The van der Waals surface area contributed by atoms with Gasteiger partial charge in [-0.25, -0.2) is 4.79 Å². The van der Waals surface area contributed by atoms with Crippen LogP contribution in [0.15, 0.2) is 48.8 Å². The number of rotatable bonds is 3. The van der Waals surface area contributed by atoms with Crippen LogP contribution >= 0.6 is 0 Å². The van der Waals surface area contributed by atoms with Crippen LogP contribution in [0.5, 0.6) is 0 Å². The molecule has 0 radical (unpaired) electrons. The fraction of sp³-hybridized carbons (Fsp3) is 0.125. The van der Waals surface area contributed by atoms with Crippen LogP contribution < -0.4 is 0 Å². The molecule has 0 amide bonds. The topological polar surface area (TPSA) is 55.1 Å². The minimum atomic E-state index is -0.886. The Bertz CT molecular complexity index is 776. The Balaban J connectivity index is 2.20. The molecule has 20 heavy (non-hydrogen) atoms. The number of carboxylic acid groups (broad SMARTS) is 1. The first kappa shape index (κ1) is 12.4. The van der Waals surface area contributed by atoms with Gasteiger partial charge < -0.3 is 9.67 Å². The molecule has 4 heteroatoms. The fourth-order valence-electron chi connectivity index (χ4n) is 2.58. The Kier molecular flexibility index (Phi) is 2.99. The molecular formula is C16H14N2O2. The van der Waals surface area contributed by atoms with Crippen molar-refractivity contribution in [1.29, 1.82) is 0 Å². The molecule has 0 saturated carbocycles. The maximum absolute atomic E-state index is 11.5. The van der Waals surface area contributed by atoms with Crippen molar-refractivity contribution in [3.05, 3.63) is 65.6 Å². The van der Waals surface area contributed by atoms with E-state index in [0.29, 0.717) is 12.1 Å². The molecule has 0 aliphatic heterocycles. The van der Waals surface area contributed by atoms with Gasteiger partial charge in [-0.3, -0.25) is 4.98 Å². The van der Waals surface area contributed by atoms with E-state index in [0.717, 1.165) is 22.2 Å². The number of pyridine rings is 1. The van der Waals surface area contributed by atoms with Crippen LogP contribution in [-0.4, -0.2) is 20.6 Å². The summed E-state index contributed by atoms with van der Waals surface area (Å²) in [4.78, 5) is 15.6. The van der Waals surface area contributed by atoms with Crippen molar-refractivity contribution < 1.29 is 9.90 Å². The summed E-state index contributed by atoms with van der Waals surface area (Å²) in [5.74, 6) is -0.886. The summed E-state index contributed by atoms with van der Waals surface area (Å²) in [6.45, 7) is 2.47. The quantitative estimate of drug-likeness (QED) is 0.792. The molecule has 0 saturated heterocycles. The third-order valence-electron chi connectivity index (χ3n) is 3.51. The van der Waals surface area contributed by atoms with Crippen molar-refractivity contribution in [2.24, 2.45) is 0 Å². The lowest BCUT2D eigenvalue weighted by molar-refractivity contribution is 0.0698. The van der Waals surface area contributed by atoms with E-state index in [9.17, 15) is 9.90 Å². The first-order valence-corrected chi connectivity index (χ1v) is 6.38. The van der Waals surface area contributed by atoms with E-state index in [1.165, 1.54) is 0 Å². The zero-order valence-electron chi connectivity index (χ0n) is 11.1. The highest BCUT2D eigenvalue weighted by Crippen LogP contribution is 2.26. The number of carbonyl (C=O) groups is 1. The zero-order chi connectivity index (χ0) is 14.1. The number of hydrogen-bond acceptors (Lipinski definition) is 2. The second-order valence-electron chi connectivity index (χ2n) is 4.73. The van der Waals surface area contributed by atoms with Crippen molar-refractivity contribution >= 4 is 16.9 Å². The maximum Gasteiger partial charge on any atom is 0.338 e. The van der Waals surface area contributed by atoms with Crippen LogP contribution in [-0.2, 0) is 6.54 Å². The minimum Gasteiger partial charge on any atom is -0.478 e. The van der Waals surface area contributed by atoms with E-state index < -0.39 is 5.97 Å². The molecule has 0 bridgehead atoms. The zero-order valence-corrected chi connectivity index (χ0v) is 11.1. The van der Waals surface area contributed by atoms with Crippen molar-refractivity contribution in [1.82, 2.24) is 9.55 Å². The van der Waals surface area contributed by atoms with Crippen LogP contribution in [0.2, 0.25) is 0 Å². The van der Waals surface area contributed by atoms with Crippen molar-refractivity contribution in [2.75, 3.05) is 0 Å². The highest BCUT2D eigenvalue weighted by atomic mass is 16.4. The van der Waals surface area contributed by atoms with E-state index in [2.05, 4.69) is 4.98 Å². The standard InChI is InChI=1S/C16H14N2O2/c1-11-15(16(19)20)13-6-2-3-7-14(13)18(11)10-12-5-4-8-17-9-12/h2-9H,10H2,1H3,(H,19,20). The summed E-state index contributed by atoms with van der Waals surface area (Å²) < 4.78 is 2.02. The number of para-hydroxylation sites is 1. The van der Waals surface area contributed by atoms with Gasteiger partial charge in [0.25, 0.3) is 0 Å². The van der Waals surface area contributed by atoms with Crippen LogP contribution in [0.25, 0.3) is 10.9 Å². The molecule has 2 heterocycles. The van der Waals surface area contributed by atoms with Crippen molar-refractivity contribution in [3.8, 4) is 0 Å². The first-order valence-electron chi connectivity index (χ1n) is 6.38. The Morgan fingerprint density at radius 2 is 2.05 bits per heavy atom. The van der Waals surface area contributed by atoms with Crippen molar-refractivity contribution in [2.45, 2.75) is 13.5 Å². The lowest BCUT2D eigenvalue weighted by atomic mass is 10.1. The summed E-state index contributed by atoms with van der Waals surface area (Å²) in [7, 11) is 0. The molecule has 0 atom stereocenters. The summed E-state index contributed by atoms with van der Waals surface area (Å²) in [5.41, 5.74) is 3.13. The number of aromatic nitrogens is 2. The molecule has 0 aliphatic rings. The normalized spacial score (nSPS) is 10.8. The van der Waals surface area contributed by atoms with E-state index >= 15 is 0 Å². The third-order valence-corrected chi connectivity index (χ3v) is 3.51. The summed E-state index contributed by atoms with van der Waals surface area (Å²) in [5, 5.41) is 10.2. The second-order valence-corrected chi connectivity index (χ2v) is 4.73. The van der Waals surface area contributed by atoms with Gasteiger partial charge in [-0.05, 0) is 24.6 Å². The molecule has 0 fully saturated rings. The first-order chi connectivity index (χ1) is 9.68. The summed E-state index contributed by atoms with van der Waals surface area (Å²) in [6, 6.07) is 11.5. The SMILES string of the molecule is Cc1c(C(=O)O)c2ccccc2n1Cc1cccnc1. The monoisotopic (exact) mass is 266 g/mol. The maximum atomic E-state index is 11.5. The van der Waals surface area contributed by atoms with Gasteiger partial charge in [0.2, 0.25) is 0 Å². The minimum absolute atomic E-state index is 0.379. The van der Waals surface area contributed by atoms with E-state index in [4.69, 9.17) is 0 Å². The molecular weight excluding hydrogens is 252 g/mol. The third kappa shape index (κ3) is 1.95. The van der Waals surface area contributed by atoms with Gasteiger partial charge in [0.05, 0.1) is 5.56 Å². The van der Waals surface area contributed by atoms with Crippen LogP contribution in [0.3, 0.4) is 0 Å². The van der Waals surface area contributed by atoms with Gasteiger partial charge in [0.1, 0.15) is 0 Å². The predicted molar refractivity (Wildman–Crippen MR) is 77.0 cm³/mol. The Morgan fingerprint density at radius 3 is 2.75 bits per heavy atom. The number of fused-ring (bicyclic) bond motifs is 1. The average Bonchev–Trinajstić information content (AvgIpc) is 2.73. The molecule has 1 N–H and O–H groups in total. The lowest BCUT2D eigenvalue weighted by Crippen LogP contribution is -2.04. The Morgan fingerprint density at radius 1 is 1.25 bits per heavy atom. The van der Waals surface area contributed by atoms with Gasteiger partial charge in [-0.15, -0.1) is 0 Å². The highest BCUT2D eigenvalue weighted by molar-refractivity contribution is 6.05. The molecule has 3 aromatic rings. The molecule has 4 nitrogen and oxygen atoms in total. The number of aromatic carboxylic acids is 1. The van der Waals surface area contributed by atoms with E-state index in [1.807, 2.05) is 47.9 Å². The fourth-order valence-corrected chi connectivity index (χ4v) is 2.58. The molecule has 3 rings (SSSR count). The number of carboxylic acids is 1. The van der Waals surface area contributed by atoms with Gasteiger partial charge in [0, 0.05) is 35.5 Å². The van der Waals surface area contributed by atoms with E-state index in [1.54, 1.807) is 12.4 Å². The molecule has 100 valence electrons. The number of benzene rings is 1. The van der Waals surface area contributed by atoms with Crippen LogP contribution in [0, 0.1) is 6.92 Å². The van der Waals surface area contributed by atoms with Gasteiger partial charge in [-0.1, -0.05) is 24.3 Å². The Labute approximate surface area is 116 Å². The number of hydrogen-bond donors (Lipinski definition) is 1. The van der Waals surface area contributed by atoms with E-state index in [-0.39, 0.29) is 0 Å². The van der Waals surface area contributed by atoms with Crippen LogP contribution in [0.1, 0.15) is 21.6 Å². The Hall–Kier alpha value is -2.62.